The van der Waals surface area contributed by atoms with E-state index in [1.165, 1.54) is 30.9 Å². The number of fused-ring (bicyclic) bond motifs is 4. The first kappa shape index (κ1) is 36.2. The van der Waals surface area contributed by atoms with Gasteiger partial charge in [-0.3, -0.25) is 9.79 Å². The Labute approximate surface area is 315 Å². The van der Waals surface area contributed by atoms with Crippen LogP contribution in [0.25, 0.3) is 38.6 Å². The predicted molar refractivity (Wildman–Crippen MR) is 210 cm³/mol. The summed E-state index contributed by atoms with van der Waals surface area (Å²) < 4.78 is 15.9. The number of hydrogen-bond acceptors (Lipinski definition) is 9. The van der Waals surface area contributed by atoms with Gasteiger partial charge in [-0.1, -0.05) is 30.3 Å². The number of ether oxygens (including phenoxy) is 3. The largest absolute Gasteiger partial charge is 0.453 e. The fourth-order valence-corrected chi connectivity index (χ4v) is 9.24. The van der Waals surface area contributed by atoms with Crippen molar-refractivity contribution in [3.05, 3.63) is 71.2 Å². The third-order valence-corrected chi connectivity index (χ3v) is 12.4. The number of nitrogens with two attached hydrogens (primary N) is 1. The molecular weight excluding hydrogens is 683 g/mol. The van der Waals surface area contributed by atoms with Crippen LogP contribution in [0, 0.1) is 5.41 Å². The summed E-state index contributed by atoms with van der Waals surface area (Å²) in [4.78, 5) is 41.3. The maximum Gasteiger partial charge on any atom is 0.407 e. The molecule has 0 radical (unpaired) electrons. The molecule has 1 saturated carbocycles. The second kappa shape index (κ2) is 14.5. The number of amides is 2. The molecule has 8 rings (SSSR count). The molecule has 0 bridgehead atoms. The molecule has 5 N–H and O–H groups in total. The second-order valence-corrected chi connectivity index (χ2v) is 15.6. The third-order valence-electron chi connectivity index (χ3n) is 12.4. The van der Waals surface area contributed by atoms with Crippen LogP contribution in [-0.2, 0) is 31.8 Å². The summed E-state index contributed by atoms with van der Waals surface area (Å²) in [6, 6.07) is 14.2. The van der Waals surface area contributed by atoms with Gasteiger partial charge in [0.1, 0.15) is 11.9 Å². The minimum Gasteiger partial charge on any atom is -0.453 e. The first-order valence-corrected chi connectivity index (χ1v) is 19.2. The number of hydrogen-bond donors (Lipinski definition) is 4. The van der Waals surface area contributed by atoms with Gasteiger partial charge in [0.05, 0.1) is 48.3 Å². The first-order chi connectivity index (χ1) is 26.1. The van der Waals surface area contributed by atoms with Crippen LogP contribution >= 0.6 is 0 Å². The van der Waals surface area contributed by atoms with Gasteiger partial charge in [0.15, 0.2) is 0 Å². The number of rotatable bonds is 10. The fraction of sp³-hybridized carbons (Fsp3) is 0.476. The van der Waals surface area contributed by atoms with Crippen molar-refractivity contribution in [3.63, 3.8) is 0 Å². The molecule has 284 valence electrons. The Morgan fingerprint density at radius 1 is 1.09 bits per heavy atom. The zero-order valence-corrected chi connectivity index (χ0v) is 31.8. The summed E-state index contributed by atoms with van der Waals surface area (Å²) in [7, 11) is 4.60. The summed E-state index contributed by atoms with van der Waals surface area (Å²) in [5, 5.41) is 8.39. The van der Waals surface area contributed by atoms with Crippen molar-refractivity contribution in [2.75, 3.05) is 27.9 Å². The third kappa shape index (κ3) is 6.43. The van der Waals surface area contributed by atoms with Crippen molar-refractivity contribution in [3.8, 4) is 11.1 Å². The van der Waals surface area contributed by atoms with Crippen LogP contribution in [0.15, 0.2) is 53.7 Å². The molecule has 12 heteroatoms. The van der Waals surface area contributed by atoms with E-state index < -0.39 is 18.2 Å². The molecule has 3 fully saturated rings. The Bertz CT molecular complexity index is 2160. The SMILES string of the molecule is COC(=O)N[C@H](C(=O)N1[C@@H](C)CC[C@H]1c1nc2c(ccc3cc(-c4ccc(/C(N)=C/N=C[C@@H]5CC6(CN5)CC6OC)c5c4CCC5)ccc32)[nH]1)[C@@H](C)OC. The molecule has 1 aromatic heterocycles. The lowest BCUT2D eigenvalue weighted by atomic mass is 9.91. The number of benzene rings is 3. The minimum atomic E-state index is -0.898. The molecule has 3 heterocycles. The van der Waals surface area contributed by atoms with Crippen LogP contribution in [0.4, 0.5) is 4.79 Å². The molecule has 3 aromatic carbocycles. The predicted octanol–water partition coefficient (Wildman–Crippen LogP) is 5.78. The van der Waals surface area contributed by atoms with Crippen LogP contribution in [0.1, 0.15) is 74.5 Å². The molecule has 2 unspecified atom stereocenters. The van der Waals surface area contributed by atoms with E-state index in [1.54, 1.807) is 20.2 Å². The number of aromatic amines is 1. The Kier molecular flexibility index (Phi) is 9.70. The number of carbonyl (C=O) groups is 2. The summed E-state index contributed by atoms with van der Waals surface area (Å²) in [6.45, 7) is 4.77. The molecule has 4 aliphatic rings. The van der Waals surface area contributed by atoms with E-state index >= 15 is 0 Å². The van der Waals surface area contributed by atoms with E-state index in [9.17, 15) is 9.59 Å². The highest BCUT2D eigenvalue weighted by atomic mass is 16.5. The van der Waals surface area contributed by atoms with Crippen molar-refractivity contribution in [2.24, 2.45) is 16.1 Å². The number of nitrogens with one attached hydrogen (secondary N) is 3. The first-order valence-electron chi connectivity index (χ1n) is 19.2. The highest BCUT2D eigenvalue weighted by Gasteiger charge is 2.58. The van der Waals surface area contributed by atoms with Crippen molar-refractivity contribution in [2.45, 2.75) is 95.2 Å². The van der Waals surface area contributed by atoms with Crippen molar-refractivity contribution < 1.29 is 23.8 Å². The molecule has 12 nitrogen and oxygen atoms in total. The van der Waals surface area contributed by atoms with Gasteiger partial charge < -0.3 is 40.5 Å². The Morgan fingerprint density at radius 2 is 1.93 bits per heavy atom. The number of carbonyl (C=O) groups excluding carboxylic acids is 2. The van der Waals surface area contributed by atoms with Gasteiger partial charge in [-0.15, -0.1) is 0 Å². The van der Waals surface area contributed by atoms with Crippen LogP contribution < -0.4 is 16.4 Å². The summed E-state index contributed by atoms with van der Waals surface area (Å²) in [6.07, 6.45) is 9.78. The van der Waals surface area contributed by atoms with Gasteiger partial charge in [0.25, 0.3) is 0 Å². The fourth-order valence-electron chi connectivity index (χ4n) is 9.24. The molecular formula is C42H51N7O5. The second-order valence-electron chi connectivity index (χ2n) is 15.6. The number of H-pyrrole nitrogens is 1. The number of likely N-dealkylation sites (tertiary alicyclic amines) is 1. The summed E-state index contributed by atoms with van der Waals surface area (Å²) in [5.74, 6) is 0.507. The van der Waals surface area contributed by atoms with Gasteiger partial charge in [-0.25, -0.2) is 9.78 Å². The molecule has 2 aliphatic heterocycles. The number of imidazole rings is 1. The topological polar surface area (TPSA) is 156 Å². The smallest absolute Gasteiger partial charge is 0.407 e. The Balaban J connectivity index is 1.04. The van der Waals surface area contributed by atoms with E-state index in [4.69, 9.17) is 24.9 Å². The molecule has 54 heavy (non-hydrogen) atoms. The standard InChI is InChI=1S/C42H51N7O5/c1-23-9-16-35(49(23)40(50)37(24(2)52-3)48-41(51)54-5)39-46-34-15-11-26-17-25(10-12-29(26)38(34)47-39)28-13-14-32(31-8-6-7-30(28)31)33(43)21-44-20-27-18-42(22-45-27)19-36(42)53-4/h10-15,17,20-21,23-24,27,35-37,45H,6-9,16,18-19,22,43H2,1-5H3,(H,46,47)(H,48,51)/b33-21-,44-20?/t23-,24+,27-,35-,36?,37-,42?/m0/s1. The van der Waals surface area contributed by atoms with Gasteiger partial charge in [-0.05, 0) is 98.6 Å². The van der Waals surface area contributed by atoms with Crippen LogP contribution in [-0.4, -0.2) is 91.3 Å². The molecule has 4 aromatic rings. The number of alkyl carbamates (subject to hydrolysis) is 1. The zero-order valence-electron chi connectivity index (χ0n) is 31.8. The summed E-state index contributed by atoms with van der Waals surface area (Å²) >= 11 is 0. The zero-order chi connectivity index (χ0) is 37.7. The van der Waals surface area contributed by atoms with Crippen molar-refractivity contribution in [1.29, 1.82) is 0 Å². The van der Waals surface area contributed by atoms with Gasteiger partial charge in [0, 0.05) is 55.4 Å². The Hall–Kier alpha value is -4.78. The number of methoxy groups -OCH3 is 3. The Morgan fingerprint density at radius 3 is 2.70 bits per heavy atom. The van der Waals surface area contributed by atoms with Gasteiger partial charge in [-0.2, -0.15) is 0 Å². The molecule has 2 aliphatic carbocycles. The lowest BCUT2D eigenvalue weighted by molar-refractivity contribution is -0.139. The van der Waals surface area contributed by atoms with Gasteiger partial charge >= 0.3 is 6.09 Å². The maximum atomic E-state index is 14.0. The minimum absolute atomic E-state index is 0.0403. The van der Waals surface area contributed by atoms with E-state index in [1.807, 2.05) is 18.0 Å². The highest BCUT2D eigenvalue weighted by Crippen LogP contribution is 2.53. The monoisotopic (exact) mass is 733 g/mol. The molecule has 7 atom stereocenters. The highest BCUT2D eigenvalue weighted by molar-refractivity contribution is 6.05. The van der Waals surface area contributed by atoms with Crippen molar-refractivity contribution >= 4 is 45.7 Å². The normalized spacial score (nSPS) is 26.2. The average molecular weight is 734 g/mol. The molecule has 2 saturated heterocycles. The van der Waals surface area contributed by atoms with Crippen molar-refractivity contribution in [1.82, 2.24) is 25.5 Å². The van der Waals surface area contributed by atoms with Crippen LogP contribution in [0.3, 0.4) is 0 Å². The van der Waals surface area contributed by atoms with E-state index in [-0.39, 0.29) is 29.4 Å². The quantitative estimate of drug-likeness (QED) is 0.150. The average Bonchev–Trinajstić information content (AvgIpc) is 3.73. The van der Waals surface area contributed by atoms with E-state index in [2.05, 4.69) is 63.1 Å². The van der Waals surface area contributed by atoms with E-state index in [0.717, 1.165) is 90.2 Å². The molecule has 1 spiro atoms. The lowest BCUT2D eigenvalue weighted by Crippen LogP contribution is -2.55. The molecule has 2 amide bonds. The number of aromatic nitrogens is 2. The maximum absolute atomic E-state index is 14.0. The number of nitrogens with zero attached hydrogens (tertiary/aromatic N) is 3. The van der Waals surface area contributed by atoms with Crippen LogP contribution in [0.5, 0.6) is 0 Å². The lowest BCUT2D eigenvalue weighted by Gasteiger charge is -2.33. The number of aliphatic imine (C=N–C) groups is 1. The van der Waals surface area contributed by atoms with Gasteiger partial charge in [0.2, 0.25) is 5.91 Å². The van der Waals surface area contributed by atoms with Crippen LogP contribution in [0.2, 0.25) is 0 Å². The summed E-state index contributed by atoms with van der Waals surface area (Å²) in [5.41, 5.74) is 15.6. The van der Waals surface area contributed by atoms with E-state index in [0.29, 0.717) is 11.8 Å².